The molecule has 0 unspecified atom stereocenters. The maximum Gasteiger partial charge on any atom is 0.411 e. The van der Waals surface area contributed by atoms with Gasteiger partial charge in [-0.3, -0.25) is 10.1 Å². The average Bonchev–Trinajstić information content (AvgIpc) is 2.75. The van der Waals surface area contributed by atoms with Gasteiger partial charge in [0, 0.05) is 18.3 Å². The molecule has 0 aliphatic carbocycles. The van der Waals surface area contributed by atoms with Gasteiger partial charge in [-0.1, -0.05) is 60.7 Å². The van der Waals surface area contributed by atoms with E-state index in [-0.39, 0.29) is 11.9 Å². The van der Waals surface area contributed by atoms with Gasteiger partial charge < -0.3 is 9.64 Å². The summed E-state index contributed by atoms with van der Waals surface area (Å²) >= 11 is 0. The van der Waals surface area contributed by atoms with Gasteiger partial charge in [-0.05, 0) is 42.3 Å². The van der Waals surface area contributed by atoms with Gasteiger partial charge >= 0.3 is 6.09 Å². The van der Waals surface area contributed by atoms with E-state index in [4.69, 9.17) is 4.74 Å². The predicted octanol–water partition coefficient (Wildman–Crippen LogP) is 5.12. The topological polar surface area (TPSA) is 58.6 Å². The second kappa shape index (κ2) is 9.55. The maximum absolute atomic E-state index is 13.2. The summed E-state index contributed by atoms with van der Waals surface area (Å²) in [4.78, 5) is 26.5. The molecule has 0 aliphatic rings. The smallest absolute Gasteiger partial charge is 0.411 e. The molecule has 0 heterocycles. The van der Waals surface area contributed by atoms with Crippen LogP contribution in [0, 0.1) is 0 Å². The summed E-state index contributed by atoms with van der Waals surface area (Å²) in [6.45, 7) is 2.04. The summed E-state index contributed by atoms with van der Waals surface area (Å²) in [5.41, 5.74) is 3.19. The molecule has 0 saturated heterocycles. The number of hydrogen-bond acceptors (Lipinski definition) is 3. The number of nitrogens with zero attached hydrogens (tertiary/aromatic N) is 1. The molecule has 0 spiro atoms. The first-order valence-electron chi connectivity index (χ1n) is 9.51. The molecule has 148 valence electrons. The number of nitrogens with one attached hydrogen (secondary N) is 1. The lowest BCUT2D eigenvalue weighted by Crippen LogP contribution is -2.32. The minimum atomic E-state index is -0.517. The fourth-order valence-corrected chi connectivity index (χ4v) is 3.21. The summed E-state index contributed by atoms with van der Waals surface area (Å²) in [6.07, 6.45) is -0.517. The zero-order valence-electron chi connectivity index (χ0n) is 16.5. The van der Waals surface area contributed by atoms with Crippen molar-refractivity contribution in [2.75, 3.05) is 19.0 Å². The molecule has 1 N–H and O–H groups in total. The Balaban J connectivity index is 1.83. The first-order valence-corrected chi connectivity index (χ1v) is 9.51. The quantitative estimate of drug-likeness (QED) is 0.638. The number of anilines is 1. The molecule has 5 nitrogen and oxygen atoms in total. The number of benzene rings is 3. The Morgan fingerprint density at radius 3 is 1.86 bits per heavy atom. The van der Waals surface area contributed by atoms with Crippen LogP contribution in [0.4, 0.5) is 10.5 Å². The van der Waals surface area contributed by atoms with Crippen molar-refractivity contribution in [2.24, 2.45) is 0 Å². The molecule has 3 aromatic carbocycles. The Morgan fingerprint density at radius 2 is 1.38 bits per heavy atom. The van der Waals surface area contributed by atoms with Crippen molar-refractivity contribution < 1.29 is 14.3 Å². The molecule has 29 heavy (non-hydrogen) atoms. The van der Waals surface area contributed by atoms with E-state index in [0.717, 1.165) is 11.1 Å². The highest BCUT2D eigenvalue weighted by Gasteiger charge is 2.24. The molecule has 0 aromatic heterocycles. The van der Waals surface area contributed by atoms with Crippen LogP contribution in [-0.4, -0.2) is 30.6 Å². The fourth-order valence-electron chi connectivity index (χ4n) is 3.21. The first kappa shape index (κ1) is 20.1. The van der Waals surface area contributed by atoms with Gasteiger partial charge in [-0.2, -0.15) is 0 Å². The number of carbonyl (C=O) groups is 2. The van der Waals surface area contributed by atoms with Crippen molar-refractivity contribution in [1.29, 1.82) is 0 Å². The van der Waals surface area contributed by atoms with Crippen LogP contribution in [0.15, 0.2) is 84.9 Å². The highest BCUT2D eigenvalue weighted by molar-refractivity contribution is 5.95. The molecular weight excluding hydrogens is 364 g/mol. The van der Waals surface area contributed by atoms with Gasteiger partial charge in [-0.15, -0.1) is 0 Å². The van der Waals surface area contributed by atoms with Crippen molar-refractivity contribution in [3.63, 3.8) is 0 Å². The van der Waals surface area contributed by atoms with Gasteiger partial charge in [0.1, 0.15) is 0 Å². The molecular formula is C24H24N2O3. The van der Waals surface area contributed by atoms with Crippen LogP contribution in [-0.2, 0) is 4.74 Å². The lowest BCUT2D eigenvalue weighted by molar-refractivity contribution is 0.0755. The summed E-state index contributed by atoms with van der Waals surface area (Å²) in [6, 6.07) is 26.5. The number of amides is 2. The average molecular weight is 388 g/mol. The maximum atomic E-state index is 13.2. The minimum absolute atomic E-state index is 0.106. The SMILES string of the molecule is CCOC(=O)Nc1ccc(C(=O)N(C)C(c2ccccc2)c2ccccc2)cc1. The lowest BCUT2D eigenvalue weighted by Gasteiger charge is -2.29. The van der Waals surface area contributed by atoms with Gasteiger partial charge in [0.2, 0.25) is 0 Å². The van der Waals surface area contributed by atoms with Gasteiger partial charge in [0.25, 0.3) is 5.91 Å². The second-order valence-corrected chi connectivity index (χ2v) is 6.56. The van der Waals surface area contributed by atoms with Crippen LogP contribution in [0.3, 0.4) is 0 Å². The van der Waals surface area contributed by atoms with E-state index in [1.54, 1.807) is 43.1 Å². The molecule has 0 saturated carbocycles. The third-order valence-corrected chi connectivity index (χ3v) is 4.59. The zero-order valence-corrected chi connectivity index (χ0v) is 16.5. The van der Waals surface area contributed by atoms with Crippen molar-refractivity contribution in [2.45, 2.75) is 13.0 Å². The molecule has 5 heteroatoms. The van der Waals surface area contributed by atoms with E-state index < -0.39 is 6.09 Å². The van der Waals surface area contributed by atoms with E-state index in [9.17, 15) is 9.59 Å². The monoisotopic (exact) mass is 388 g/mol. The summed E-state index contributed by atoms with van der Waals surface area (Å²) in [5, 5.41) is 2.63. The van der Waals surface area contributed by atoms with Crippen molar-refractivity contribution >= 4 is 17.7 Å². The van der Waals surface area contributed by atoms with Gasteiger partial charge in [0.15, 0.2) is 0 Å². The molecule has 2 amide bonds. The van der Waals surface area contributed by atoms with Crippen molar-refractivity contribution in [1.82, 2.24) is 4.90 Å². The standard InChI is InChI=1S/C24H24N2O3/c1-3-29-24(28)25-21-16-14-20(15-17-21)23(27)26(2)22(18-10-6-4-7-11-18)19-12-8-5-9-13-19/h4-17,22H,3H2,1-2H3,(H,25,28). The normalized spacial score (nSPS) is 10.4. The summed E-state index contributed by atoms with van der Waals surface area (Å²) < 4.78 is 4.87. The Bertz CT molecular complexity index is 901. The Kier molecular flexibility index (Phi) is 6.63. The zero-order chi connectivity index (χ0) is 20.6. The van der Waals surface area contributed by atoms with Crippen molar-refractivity contribution in [3.05, 3.63) is 102 Å². The fraction of sp³-hybridized carbons (Fsp3) is 0.167. The molecule has 3 rings (SSSR count). The Morgan fingerprint density at radius 1 is 0.862 bits per heavy atom. The highest BCUT2D eigenvalue weighted by Crippen LogP contribution is 2.28. The van der Waals surface area contributed by atoms with Crippen LogP contribution >= 0.6 is 0 Å². The number of carbonyl (C=O) groups excluding carboxylic acids is 2. The largest absolute Gasteiger partial charge is 0.450 e. The van der Waals surface area contributed by atoms with Crippen LogP contribution in [0.1, 0.15) is 34.5 Å². The lowest BCUT2D eigenvalue weighted by atomic mass is 9.97. The third-order valence-electron chi connectivity index (χ3n) is 4.59. The number of ether oxygens (including phenoxy) is 1. The molecule has 0 atom stereocenters. The van der Waals surface area contributed by atoms with E-state index >= 15 is 0 Å². The number of rotatable bonds is 6. The van der Waals surface area contributed by atoms with E-state index in [1.165, 1.54) is 0 Å². The van der Waals surface area contributed by atoms with E-state index in [1.807, 2.05) is 60.7 Å². The summed E-state index contributed by atoms with van der Waals surface area (Å²) in [7, 11) is 1.80. The van der Waals surface area contributed by atoms with Crippen LogP contribution in [0.25, 0.3) is 0 Å². The Hall–Kier alpha value is -3.60. The highest BCUT2D eigenvalue weighted by atomic mass is 16.5. The third kappa shape index (κ3) is 5.02. The van der Waals surface area contributed by atoms with Gasteiger partial charge in [0.05, 0.1) is 12.6 Å². The molecule has 0 aliphatic heterocycles. The minimum Gasteiger partial charge on any atom is -0.450 e. The van der Waals surface area contributed by atoms with E-state index in [0.29, 0.717) is 17.9 Å². The molecule has 0 bridgehead atoms. The predicted molar refractivity (Wildman–Crippen MR) is 114 cm³/mol. The number of hydrogen-bond donors (Lipinski definition) is 1. The van der Waals surface area contributed by atoms with Crippen LogP contribution < -0.4 is 5.32 Å². The first-order chi connectivity index (χ1) is 14.1. The van der Waals surface area contributed by atoms with Crippen LogP contribution in [0.2, 0.25) is 0 Å². The Labute approximate surface area is 170 Å². The van der Waals surface area contributed by atoms with E-state index in [2.05, 4.69) is 5.32 Å². The molecule has 3 aromatic rings. The molecule has 0 radical (unpaired) electrons. The van der Waals surface area contributed by atoms with Gasteiger partial charge in [-0.25, -0.2) is 4.79 Å². The second-order valence-electron chi connectivity index (χ2n) is 6.56. The summed E-state index contributed by atoms with van der Waals surface area (Å²) in [5.74, 6) is -0.106. The van der Waals surface area contributed by atoms with Crippen molar-refractivity contribution in [3.8, 4) is 0 Å². The van der Waals surface area contributed by atoms with Crippen LogP contribution in [0.5, 0.6) is 0 Å². The molecule has 0 fully saturated rings.